The maximum Gasteiger partial charge on any atom is 0.311 e. The Labute approximate surface area is 153 Å². The molecule has 2 aromatic carbocycles. The Balaban J connectivity index is 1.69. The number of hydrogen-bond donors (Lipinski definition) is 1. The molecule has 0 fully saturated rings. The number of nitrogens with zero attached hydrogens (tertiary/aromatic N) is 1. The molecule has 6 nitrogen and oxygen atoms in total. The summed E-state index contributed by atoms with van der Waals surface area (Å²) in [7, 11) is 2.04. The maximum absolute atomic E-state index is 11.5. The van der Waals surface area contributed by atoms with Gasteiger partial charge in [0.2, 0.25) is 0 Å². The first-order chi connectivity index (χ1) is 12.5. The molecule has 1 N–H and O–H groups in total. The van der Waals surface area contributed by atoms with Crippen molar-refractivity contribution in [1.29, 1.82) is 0 Å². The van der Waals surface area contributed by atoms with Crippen LogP contribution in [0, 0.1) is 0 Å². The molecule has 2 aromatic rings. The number of para-hydroxylation sites is 1. The van der Waals surface area contributed by atoms with Gasteiger partial charge in [-0.05, 0) is 42.8 Å². The largest absolute Gasteiger partial charge is 0.494 e. The number of ether oxygens (including phenoxy) is 2. The number of carbonyl (C=O) groups excluding carboxylic acids is 1. The van der Waals surface area contributed by atoms with Crippen LogP contribution in [0.3, 0.4) is 0 Å². The number of hydrogen-bond acceptors (Lipinski definition) is 5. The highest BCUT2D eigenvalue weighted by molar-refractivity contribution is 5.78. The zero-order chi connectivity index (χ0) is 18.8. The first-order valence-electron chi connectivity index (χ1n) is 8.46. The molecular formula is C20H23NO5. The van der Waals surface area contributed by atoms with Crippen LogP contribution in [0.25, 0.3) is 0 Å². The Bertz CT molecular complexity index is 700. The number of carboxylic acids is 1. The van der Waals surface area contributed by atoms with Crippen LogP contribution in [0.2, 0.25) is 0 Å². The molecule has 0 bridgehead atoms. The summed E-state index contributed by atoms with van der Waals surface area (Å²) in [5, 5.41) is 8.54. The first-order valence-corrected chi connectivity index (χ1v) is 8.46. The van der Waals surface area contributed by atoms with E-state index in [1.165, 1.54) is 5.69 Å². The Kier molecular flexibility index (Phi) is 7.49. The van der Waals surface area contributed by atoms with E-state index in [0.29, 0.717) is 18.1 Å². The lowest BCUT2D eigenvalue weighted by Gasteiger charge is -2.19. The second-order valence-electron chi connectivity index (χ2n) is 5.80. The fourth-order valence-corrected chi connectivity index (χ4v) is 2.30. The molecule has 0 radical (unpaired) electrons. The van der Waals surface area contributed by atoms with E-state index in [-0.39, 0.29) is 12.8 Å². The number of rotatable bonds is 10. The van der Waals surface area contributed by atoms with Crippen LogP contribution >= 0.6 is 0 Å². The van der Waals surface area contributed by atoms with Gasteiger partial charge in [0, 0.05) is 19.3 Å². The van der Waals surface area contributed by atoms with Gasteiger partial charge in [-0.3, -0.25) is 9.59 Å². The summed E-state index contributed by atoms with van der Waals surface area (Å²) in [6, 6.07) is 16.9. The van der Waals surface area contributed by atoms with Gasteiger partial charge >= 0.3 is 11.9 Å². The fraction of sp³-hybridized carbons (Fsp3) is 0.300. The minimum atomic E-state index is -1.02. The molecule has 0 saturated carbocycles. The number of anilines is 1. The topological polar surface area (TPSA) is 76.1 Å². The summed E-state index contributed by atoms with van der Waals surface area (Å²) in [4.78, 5) is 24.1. The molecule has 0 unspecified atom stereocenters. The van der Waals surface area contributed by atoms with Crippen LogP contribution in [0.1, 0.15) is 19.3 Å². The number of benzene rings is 2. The Morgan fingerprint density at radius 3 is 2.27 bits per heavy atom. The first kappa shape index (κ1) is 19.3. The zero-order valence-electron chi connectivity index (χ0n) is 14.8. The van der Waals surface area contributed by atoms with Gasteiger partial charge in [-0.1, -0.05) is 18.2 Å². The third-order valence-corrected chi connectivity index (χ3v) is 3.70. The van der Waals surface area contributed by atoms with Crippen molar-refractivity contribution in [2.45, 2.75) is 19.3 Å². The number of carbonyl (C=O) groups is 2. The third kappa shape index (κ3) is 6.84. The minimum absolute atomic E-state index is 0.150. The number of carboxylic acid groups (broad SMARTS) is 1. The van der Waals surface area contributed by atoms with Crippen molar-refractivity contribution in [3.8, 4) is 11.5 Å². The van der Waals surface area contributed by atoms with E-state index in [9.17, 15) is 9.59 Å². The lowest BCUT2D eigenvalue weighted by Crippen LogP contribution is -2.20. The molecule has 0 aliphatic rings. The van der Waals surface area contributed by atoms with Crippen LogP contribution < -0.4 is 14.4 Å². The standard InChI is InChI=1S/C20H23NO5/c1-21(16-6-3-2-4-7-16)14-5-15-25-17-8-10-18(11-9-17)26-20(24)13-12-19(22)23/h2-4,6-11H,5,12-15H2,1H3,(H,22,23). The van der Waals surface area contributed by atoms with Crippen LogP contribution in [-0.2, 0) is 9.59 Å². The highest BCUT2D eigenvalue weighted by Gasteiger charge is 2.08. The van der Waals surface area contributed by atoms with E-state index >= 15 is 0 Å². The highest BCUT2D eigenvalue weighted by Crippen LogP contribution is 2.18. The lowest BCUT2D eigenvalue weighted by molar-refractivity contribution is -0.142. The van der Waals surface area contributed by atoms with Gasteiger partial charge in [0.25, 0.3) is 0 Å². The zero-order valence-corrected chi connectivity index (χ0v) is 14.8. The van der Waals surface area contributed by atoms with Crippen molar-refractivity contribution >= 4 is 17.6 Å². The molecule has 0 heterocycles. The summed E-state index contributed by atoms with van der Waals surface area (Å²) < 4.78 is 10.7. The van der Waals surface area contributed by atoms with Crippen molar-refractivity contribution in [2.24, 2.45) is 0 Å². The highest BCUT2D eigenvalue weighted by atomic mass is 16.5. The van der Waals surface area contributed by atoms with E-state index in [4.69, 9.17) is 14.6 Å². The Morgan fingerprint density at radius 1 is 0.962 bits per heavy atom. The van der Waals surface area contributed by atoms with Crippen LogP contribution in [0.4, 0.5) is 5.69 Å². The SMILES string of the molecule is CN(CCCOc1ccc(OC(=O)CCC(=O)O)cc1)c1ccccc1. The fourth-order valence-electron chi connectivity index (χ4n) is 2.30. The van der Waals surface area contributed by atoms with Gasteiger partial charge < -0.3 is 19.5 Å². The summed E-state index contributed by atoms with van der Waals surface area (Å²) in [6.45, 7) is 1.46. The molecule has 0 amide bonds. The van der Waals surface area contributed by atoms with Crippen LogP contribution in [0.15, 0.2) is 54.6 Å². The lowest BCUT2D eigenvalue weighted by atomic mass is 10.3. The molecule has 26 heavy (non-hydrogen) atoms. The molecule has 0 aliphatic carbocycles. The third-order valence-electron chi connectivity index (χ3n) is 3.70. The van der Waals surface area contributed by atoms with E-state index in [0.717, 1.165) is 13.0 Å². The number of esters is 1. The van der Waals surface area contributed by atoms with Gasteiger partial charge in [-0.15, -0.1) is 0 Å². The number of aliphatic carboxylic acids is 1. The van der Waals surface area contributed by atoms with Crippen molar-refractivity contribution in [2.75, 3.05) is 25.1 Å². The van der Waals surface area contributed by atoms with E-state index in [2.05, 4.69) is 17.0 Å². The molecule has 6 heteroatoms. The van der Waals surface area contributed by atoms with Crippen molar-refractivity contribution in [3.05, 3.63) is 54.6 Å². The molecular weight excluding hydrogens is 334 g/mol. The molecule has 138 valence electrons. The van der Waals surface area contributed by atoms with Gasteiger partial charge in [0.05, 0.1) is 19.4 Å². The molecule has 2 rings (SSSR count). The summed E-state index contributed by atoms with van der Waals surface area (Å²) in [6.07, 6.45) is 0.483. The quantitative estimate of drug-likeness (QED) is 0.399. The Hall–Kier alpha value is -3.02. The molecule has 0 saturated heterocycles. The predicted molar refractivity (Wildman–Crippen MR) is 98.8 cm³/mol. The monoisotopic (exact) mass is 357 g/mol. The van der Waals surface area contributed by atoms with Crippen molar-refractivity contribution < 1.29 is 24.2 Å². The molecule has 0 spiro atoms. The van der Waals surface area contributed by atoms with E-state index in [1.54, 1.807) is 24.3 Å². The minimum Gasteiger partial charge on any atom is -0.494 e. The smallest absolute Gasteiger partial charge is 0.311 e. The molecule has 0 atom stereocenters. The average Bonchev–Trinajstić information content (AvgIpc) is 2.65. The van der Waals surface area contributed by atoms with Crippen molar-refractivity contribution in [3.63, 3.8) is 0 Å². The van der Waals surface area contributed by atoms with Gasteiger partial charge in [0.1, 0.15) is 11.5 Å². The van der Waals surface area contributed by atoms with Crippen molar-refractivity contribution in [1.82, 2.24) is 0 Å². The second-order valence-corrected chi connectivity index (χ2v) is 5.80. The summed E-state index contributed by atoms with van der Waals surface area (Å²) in [5.74, 6) is -0.525. The van der Waals surface area contributed by atoms with Gasteiger partial charge in [0.15, 0.2) is 0 Å². The summed E-state index contributed by atoms with van der Waals surface area (Å²) >= 11 is 0. The molecule has 0 aliphatic heterocycles. The molecule has 0 aromatic heterocycles. The maximum atomic E-state index is 11.5. The summed E-state index contributed by atoms with van der Waals surface area (Å²) in [5.41, 5.74) is 1.17. The van der Waals surface area contributed by atoms with Gasteiger partial charge in [-0.25, -0.2) is 0 Å². The normalized spacial score (nSPS) is 10.2. The Morgan fingerprint density at radius 2 is 1.62 bits per heavy atom. The van der Waals surface area contributed by atoms with Gasteiger partial charge in [-0.2, -0.15) is 0 Å². The second kappa shape index (κ2) is 10.1. The van der Waals surface area contributed by atoms with Crippen LogP contribution in [-0.4, -0.2) is 37.2 Å². The average molecular weight is 357 g/mol. The van der Waals surface area contributed by atoms with Crippen LogP contribution in [0.5, 0.6) is 11.5 Å². The van der Waals surface area contributed by atoms with E-state index in [1.807, 2.05) is 25.2 Å². The predicted octanol–water partition coefficient (Wildman–Crippen LogP) is 3.36. The van der Waals surface area contributed by atoms with E-state index < -0.39 is 11.9 Å².